The molecule has 0 atom stereocenters. The van der Waals surface area contributed by atoms with Gasteiger partial charge in [-0.25, -0.2) is 0 Å². The number of carbonyl (C=O) groups excluding carboxylic acids is 1. The van der Waals surface area contributed by atoms with Gasteiger partial charge in [0, 0.05) is 5.56 Å². The molecule has 0 aliphatic rings. The number of Topliss-reactive ketones (excluding diaryl/α,β-unsaturated/α-hetero) is 1. The van der Waals surface area contributed by atoms with Crippen LogP contribution in [-0.4, -0.2) is 5.78 Å². The lowest BCUT2D eigenvalue weighted by Crippen LogP contribution is -1.93. The zero-order valence-electron chi connectivity index (χ0n) is 8.29. The molecule has 1 aromatic rings. The molecule has 1 heteroatoms. The highest BCUT2D eigenvalue weighted by Crippen LogP contribution is 2.13. The van der Waals surface area contributed by atoms with Gasteiger partial charge < -0.3 is 0 Å². The zero-order chi connectivity index (χ0) is 9.84. The molecule has 1 nitrogen and oxygen atoms in total. The van der Waals surface area contributed by atoms with Crippen LogP contribution in [0.5, 0.6) is 0 Å². The standard InChI is InChI=1S/C12H14O/c1-4-5-11-6-7-12(10(3)13)8-9(11)2/h4-8H,1-3H3. The fraction of sp³-hybridized carbons (Fsp3) is 0.250. The largest absolute Gasteiger partial charge is 0.295 e. The van der Waals surface area contributed by atoms with Gasteiger partial charge in [-0.15, -0.1) is 0 Å². The molecule has 0 aromatic heterocycles. The number of benzene rings is 1. The molecule has 0 unspecified atom stereocenters. The van der Waals surface area contributed by atoms with Crippen molar-refractivity contribution in [3.8, 4) is 0 Å². The third-order valence-corrected chi connectivity index (χ3v) is 2.02. The van der Waals surface area contributed by atoms with Gasteiger partial charge in [-0.1, -0.05) is 24.3 Å². The summed E-state index contributed by atoms with van der Waals surface area (Å²) in [6, 6.07) is 5.77. The second kappa shape index (κ2) is 4.04. The van der Waals surface area contributed by atoms with E-state index >= 15 is 0 Å². The van der Waals surface area contributed by atoms with E-state index in [1.54, 1.807) is 6.92 Å². The van der Waals surface area contributed by atoms with Crippen molar-refractivity contribution in [1.29, 1.82) is 0 Å². The van der Waals surface area contributed by atoms with Crippen LogP contribution in [0.3, 0.4) is 0 Å². The Morgan fingerprint density at radius 2 is 2.08 bits per heavy atom. The molecule has 1 aromatic carbocycles. The Balaban J connectivity index is 3.12. The summed E-state index contributed by atoms with van der Waals surface area (Å²) in [4.78, 5) is 11.0. The number of ketones is 1. The van der Waals surface area contributed by atoms with E-state index in [9.17, 15) is 4.79 Å². The number of hydrogen-bond donors (Lipinski definition) is 0. The van der Waals surface area contributed by atoms with Crippen molar-refractivity contribution in [2.24, 2.45) is 0 Å². The number of aryl methyl sites for hydroxylation is 1. The maximum absolute atomic E-state index is 11.0. The lowest BCUT2D eigenvalue weighted by molar-refractivity contribution is 0.101. The molecule has 0 radical (unpaired) electrons. The van der Waals surface area contributed by atoms with Gasteiger partial charge in [-0.2, -0.15) is 0 Å². The van der Waals surface area contributed by atoms with E-state index in [1.165, 1.54) is 5.56 Å². The van der Waals surface area contributed by atoms with Crippen LogP contribution in [0.1, 0.15) is 35.3 Å². The van der Waals surface area contributed by atoms with Crippen LogP contribution in [0.4, 0.5) is 0 Å². The van der Waals surface area contributed by atoms with Crippen LogP contribution in [0.2, 0.25) is 0 Å². The Bertz CT molecular complexity index is 348. The predicted molar refractivity (Wildman–Crippen MR) is 55.9 cm³/mol. The molecule has 0 amide bonds. The highest BCUT2D eigenvalue weighted by Gasteiger charge is 2.00. The third-order valence-electron chi connectivity index (χ3n) is 2.02. The summed E-state index contributed by atoms with van der Waals surface area (Å²) >= 11 is 0. The molecule has 0 heterocycles. The summed E-state index contributed by atoms with van der Waals surface area (Å²) < 4.78 is 0. The molecule has 0 aliphatic heterocycles. The van der Waals surface area contributed by atoms with E-state index in [4.69, 9.17) is 0 Å². The van der Waals surface area contributed by atoms with Crippen molar-refractivity contribution < 1.29 is 4.79 Å². The van der Waals surface area contributed by atoms with Crippen molar-refractivity contribution in [1.82, 2.24) is 0 Å². The fourth-order valence-electron chi connectivity index (χ4n) is 1.26. The normalized spacial score (nSPS) is 10.7. The first-order valence-corrected chi connectivity index (χ1v) is 4.39. The van der Waals surface area contributed by atoms with E-state index in [0.29, 0.717) is 0 Å². The monoisotopic (exact) mass is 174 g/mol. The summed E-state index contributed by atoms with van der Waals surface area (Å²) in [6.07, 6.45) is 4.04. The van der Waals surface area contributed by atoms with Gasteiger partial charge in [-0.3, -0.25) is 4.79 Å². The summed E-state index contributed by atoms with van der Waals surface area (Å²) in [7, 11) is 0. The molecule has 0 saturated carbocycles. The molecule has 0 spiro atoms. The summed E-state index contributed by atoms with van der Waals surface area (Å²) in [5.41, 5.74) is 3.10. The van der Waals surface area contributed by atoms with Crippen molar-refractivity contribution in [2.75, 3.05) is 0 Å². The smallest absolute Gasteiger partial charge is 0.159 e. The highest BCUT2D eigenvalue weighted by molar-refractivity contribution is 5.94. The van der Waals surface area contributed by atoms with E-state index in [-0.39, 0.29) is 5.78 Å². The van der Waals surface area contributed by atoms with Gasteiger partial charge in [0.1, 0.15) is 0 Å². The third kappa shape index (κ3) is 2.28. The molecular weight excluding hydrogens is 160 g/mol. The first-order valence-electron chi connectivity index (χ1n) is 4.39. The molecule has 0 fully saturated rings. The van der Waals surface area contributed by atoms with E-state index < -0.39 is 0 Å². The van der Waals surface area contributed by atoms with Crippen LogP contribution in [0, 0.1) is 6.92 Å². The minimum Gasteiger partial charge on any atom is -0.295 e. The summed E-state index contributed by atoms with van der Waals surface area (Å²) in [6.45, 7) is 5.59. The van der Waals surface area contributed by atoms with Crippen LogP contribution < -0.4 is 0 Å². The van der Waals surface area contributed by atoms with Crippen LogP contribution in [-0.2, 0) is 0 Å². The van der Waals surface area contributed by atoms with Gasteiger partial charge in [0.05, 0.1) is 0 Å². The minimum absolute atomic E-state index is 0.120. The Labute approximate surface area is 79.1 Å². The maximum atomic E-state index is 11.0. The molecule has 0 N–H and O–H groups in total. The average molecular weight is 174 g/mol. The van der Waals surface area contributed by atoms with Crippen molar-refractivity contribution in [2.45, 2.75) is 20.8 Å². The predicted octanol–water partition coefficient (Wildman–Crippen LogP) is 3.23. The lowest BCUT2D eigenvalue weighted by Gasteiger charge is -2.02. The van der Waals surface area contributed by atoms with Gasteiger partial charge in [0.25, 0.3) is 0 Å². The molecule has 13 heavy (non-hydrogen) atoms. The van der Waals surface area contributed by atoms with Gasteiger partial charge in [0.2, 0.25) is 0 Å². The fourth-order valence-corrected chi connectivity index (χ4v) is 1.26. The molecule has 0 aliphatic carbocycles. The molecule has 68 valence electrons. The summed E-state index contributed by atoms with van der Waals surface area (Å²) in [5.74, 6) is 0.120. The summed E-state index contributed by atoms with van der Waals surface area (Å²) in [5, 5.41) is 0. The minimum atomic E-state index is 0.120. The molecular formula is C12H14O. The maximum Gasteiger partial charge on any atom is 0.159 e. The molecule has 0 bridgehead atoms. The SMILES string of the molecule is CC=Cc1ccc(C(C)=O)cc1C. The first-order chi connectivity index (χ1) is 6.15. The number of carbonyl (C=O) groups is 1. The van der Waals surface area contributed by atoms with Crippen molar-refractivity contribution >= 4 is 11.9 Å². The number of allylic oxidation sites excluding steroid dienone is 1. The lowest BCUT2D eigenvalue weighted by atomic mass is 10.0. The quantitative estimate of drug-likeness (QED) is 0.629. The van der Waals surface area contributed by atoms with Crippen molar-refractivity contribution in [3.05, 3.63) is 41.0 Å². The van der Waals surface area contributed by atoms with Crippen LogP contribution in [0.15, 0.2) is 24.3 Å². The molecule has 0 saturated heterocycles. The zero-order valence-corrected chi connectivity index (χ0v) is 8.29. The number of rotatable bonds is 2. The van der Waals surface area contributed by atoms with Crippen LogP contribution >= 0.6 is 0 Å². The average Bonchev–Trinajstić information content (AvgIpc) is 2.08. The van der Waals surface area contributed by atoms with E-state index in [0.717, 1.165) is 11.1 Å². The highest BCUT2D eigenvalue weighted by atomic mass is 16.1. The van der Waals surface area contributed by atoms with Gasteiger partial charge in [0.15, 0.2) is 5.78 Å². The van der Waals surface area contributed by atoms with E-state index in [1.807, 2.05) is 44.2 Å². The Morgan fingerprint density at radius 3 is 2.54 bits per heavy atom. The van der Waals surface area contributed by atoms with E-state index in [2.05, 4.69) is 0 Å². The Morgan fingerprint density at radius 1 is 1.38 bits per heavy atom. The van der Waals surface area contributed by atoms with Crippen LogP contribution in [0.25, 0.3) is 6.08 Å². The van der Waals surface area contributed by atoms with Crippen molar-refractivity contribution in [3.63, 3.8) is 0 Å². The van der Waals surface area contributed by atoms with Gasteiger partial charge in [-0.05, 0) is 38.0 Å². The number of hydrogen-bond acceptors (Lipinski definition) is 1. The first kappa shape index (κ1) is 9.72. The molecule has 1 rings (SSSR count). The Kier molecular flexibility index (Phi) is 3.02. The topological polar surface area (TPSA) is 17.1 Å². The Hall–Kier alpha value is -1.37. The second-order valence-corrected chi connectivity index (χ2v) is 3.13. The second-order valence-electron chi connectivity index (χ2n) is 3.13. The van der Waals surface area contributed by atoms with Gasteiger partial charge >= 0.3 is 0 Å².